The standard InChI is InChI=1S/C14H20N2OS/c1-3-16(11-5-6-11)9-10-4-7-13(17-2)12(8-10)14(15)18/h4,7-8,11H,3,5-6,9H2,1-2H3,(H2,15,18). The molecule has 0 spiro atoms. The van der Waals surface area contributed by atoms with Gasteiger partial charge in [-0.15, -0.1) is 0 Å². The molecule has 98 valence electrons. The maximum atomic E-state index is 5.73. The van der Waals surface area contributed by atoms with Gasteiger partial charge >= 0.3 is 0 Å². The van der Waals surface area contributed by atoms with Gasteiger partial charge in [0.15, 0.2) is 0 Å². The molecule has 0 radical (unpaired) electrons. The number of thiocarbonyl (C=S) groups is 1. The van der Waals surface area contributed by atoms with Gasteiger partial charge in [0, 0.05) is 12.6 Å². The lowest BCUT2D eigenvalue weighted by Gasteiger charge is -2.20. The molecule has 0 aliphatic heterocycles. The van der Waals surface area contributed by atoms with E-state index < -0.39 is 0 Å². The van der Waals surface area contributed by atoms with Gasteiger partial charge in [-0.05, 0) is 37.1 Å². The second kappa shape index (κ2) is 5.67. The minimum absolute atomic E-state index is 0.392. The second-order valence-electron chi connectivity index (χ2n) is 4.69. The third kappa shape index (κ3) is 3.00. The van der Waals surface area contributed by atoms with E-state index >= 15 is 0 Å². The van der Waals surface area contributed by atoms with Crippen LogP contribution in [0.5, 0.6) is 5.75 Å². The molecule has 3 nitrogen and oxygen atoms in total. The van der Waals surface area contributed by atoms with Crippen LogP contribution in [0, 0.1) is 0 Å². The molecule has 1 aromatic carbocycles. The van der Waals surface area contributed by atoms with Crippen LogP contribution in [0.3, 0.4) is 0 Å². The third-order valence-electron chi connectivity index (χ3n) is 3.38. The van der Waals surface area contributed by atoms with E-state index in [2.05, 4.69) is 17.9 Å². The molecule has 1 aliphatic rings. The van der Waals surface area contributed by atoms with Crippen molar-refractivity contribution in [3.8, 4) is 5.75 Å². The summed E-state index contributed by atoms with van der Waals surface area (Å²) in [5.41, 5.74) is 7.81. The van der Waals surface area contributed by atoms with E-state index in [0.717, 1.165) is 30.4 Å². The first-order valence-electron chi connectivity index (χ1n) is 6.36. The molecule has 2 N–H and O–H groups in total. The van der Waals surface area contributed by atoms with Crippen LogP contribution in [0.4, 0.5) is 0 Å². The first-order valence-corrected chi connectivity index (χ1v) is 6.77. The Kier molecular flexibility index (Phi) is 4.19. The van der Waals surface area contributed by atoms with Crippen molar-refractivity contribution < 1.29 is 4.74 Å². The van der Waals surface area contributed by atoms with Crippen molar-refractivity contribution in [1.29, 1.82) is 0 Å². The monoisotopic (exact) mass is 264 g/mol. The maximum absolute atomic E-state index is 5.73. The van der Waals surface area contributed by atoms with Crippen molar-refractivity contribution in [3.63, 3.8) is 0 Å². The molecule has 0 heterocycles. The summed E-state index contributed by atoms with van der Waals surface area (Å²) < 4.78 is 5.27. The van der Waals surface area contributed by atoms with Crippen LogP contribution in [-0.4, -0.2) is 29.6 Å². The van der Waals surface area contributed by atoms with E-state index in [1.807, 2.05) is 12.1 Å². The molecule has 1 aliphatic carbocycles. The Morgan fingerprint density at radius 1 is 1.50 bits per heavy atom. The number of methoxy groups -OCH3 is 1. The number of nitrogens with zero attached hydrogens (tertiary/aromatic N) is 1. The molecule has 0 saturated heterocycles. The highest BCUT2D eigenvalue weighted by Gasteiger charge is 2.27. The average Bonchev–Trinajstić information content (AvgIpc) is 3.19. The third-order valence-corrected chi connectivity index (χ3v) is 3.60. The number of hydrogen-bond acceptors (Lipinski definition) is 3. The van der Waals surface area contributed by atoms with E-state index in [1.54, 1.807) is 7.11 Å². The van der Waals surface area contributed by atoms with Crippen molar-refractivity contribution in [1.82, 2.24) is 4.90 Å². The number of rotatable bonds is 6. The lowest BCUT2D eigenvalue weighted by molar-refractivity contribution is 0.269. The average molecular weight is 264 g/mol. The Morgan fingerprint density at radius 3 is 2.72 bits per heavy atom. The van der Waals surface area contributed by atoms with Crippen molar-refractivity contribution >= 4 is 17.2 Å². The molecule has 0 unspecified atom stereocenters. The zero-order valence-electron chi connectivity index (χ0n) is 11.0. The molecular formula is C14H20N2OS. The summed E-state index contributed by atoms with van der Waals surface area (Å²) in [6, 6.07) is 6.85. The molecule has 0 bridgehead atoms. The van der Waals surface area contributed by atoms with Gasteiger partial charge in [-0.25, -0.2) is 0 Å². The van der Waals surface area contributed by atoms with Crippen molar-refractivity contribution in [3.05, 3.63) is 29.3 Å². The predicted octanol–water partition coefficient (Wildman–Crippen LogP) is 2.31. The zero-order chi connectivity index (χ0) is 13.1. The topological polar surface area (TPSA) is 38.5 Å². The zero-order valence-corrected chi connectivity index (χ0v) is 11.8. The molecule has 0 aromatic heterocycles. The minimum atomic E-state index is 0.392. The van der Waals surface area contributed by atoms with Gasteiger partial charge in [0.2, 0.25) is 0 Å². The smallest absolute Gasteiger partial charge is 0.129 e. The van der Waals surface area contributed by atoms with Crippen LogP contribution in [0.15, 0.2) is 18.2 Å². The van der Waals surface area contributed by atoms with Gasteiger partial charge < -0.3 is 10.5 Å². The summed E-state index contributed by atoms with van der Waals surface area (Å²) in [5, 5.41) is 0. The minimum Gasteiger partial charge on any atom is -0.496 e. The maximum Gasteiger partial charge on any atom is 0.129 e. The molecule has 0 amide bonds. The van der Waals surface area contributed by atoms with E-state index in [1.165, 1.54) is 18.4 Å². The largest absolute Gasteiger partial charge is 0.496 e. The quantitative estimate of drug-likeness (QED) is 0.800. The normalized spacial score (nSPS) is 14.8. The fraction of sp³-hybridized carbons (Fsp3) is 0.500. The fourth-order valence-corrected chi connectivity index (χ4v) is 2.38. The molecule has 18 heavy (non-hydrogen) atoms. The Hall–Kier alpha value is -1.13. The van der Waals surface area contributed by atoms with E-state index in [0.29, 0.717) is 4.99 Å². The van der Waals surface area contributed by atoms with Gasteiger partial charge in [0.25, 0.3) is 0 Å². The van der Waals surface area contributed by atoms with E-state index in [9.17, 15) is 0 Å². The summed E-state index contributed by atoms with van der Waals surface area (Å²) >= 11 is 5.07. The summed E-state index contributed by atoms with van der Waals surface area (Å²) in [6.45, 7) is 4.25. The lowest BCUT2D eigenvalue weighted by atomic mass is 10.1. The Balaban J connectivity index is 2.17. The van der Waals surface area contributed by atoms with Crippen molar-refractivity contribution in [2.45, 2.75) is 32.4 Å². The predicted molar refractivity (Wildman–Crippen MR) is 78.0 cm³/mol. The van der Waals surface area contributed by atoms with Crippen molar-refractivity contribution in [2.75, 3.05) is 13.7 Å². The van der Waals surface area contributed by atoms with Gasteiger partial charge in [-0.1, -0.05) is 25.2 Å². The van der Waals surface area contributed by atoms with Crippen LogP contribution < -0.4 is 10.5 Å². The van der Waals surface area contributed by atoms with Gasteiger partial charge in [0.05, 0.1) is 12.7 Å². The molecule has 1 fully saturated rings. The SMILES string of the molecule is CCN(Cc1ccc(OC)c(C(N)=S)c1)C1CC1. The van der Waals surface area contributed by atoms with Crippen LogP contribution in [0.1, 0.15) is 30.9 Å². The summed E-state index contributed by atoms with van der Waals surface area (Å²) in [5.74, 6) is 0.751. The molecule has 1 saturated carbocycles. The Labute approximate surface area is 114 Å². The molecule has 1 aromatic rings. The van der Waals surface area contributed by atoms with Crippen LogP contribution in [0.2, 0.25) is 0 Å². The summed E-state index contributed by atoms with van der Waals surface area (Å²) in [6.07, 6.45) is 2.65. The van der Waals surface area contributed by atoms with Gasteiger partial charge in [-0.3, -0.25) is 4.90 Å². The van der Waals surface area contributed by atoms with Crippen LogP contribution in [0.25, 0.3) is 0 Å². The number of benzene rings is 1. The number of nitrogens with two attached hydrogens (primary N) is 1. The van der Waals surface area contributed by atoms with Crippen LogP contribution in [-0.2, 0) is 6.54 Å². The number of ether oxygens (including phenoxy) is 1. The van der Waals surface area contributed by atoms with Gasteiger partial charge in [-0.2, -0.15) is 0 Å². The fourth-order valence-electron chi connectivity index (χ4n) is 2.22. The van der Waals surface area contributed by atoms with Crippen molar-refractivity contribution in [2.24, 2.45) is 5.73 Å². The first-order chi connectivity index (χ1) is 8.65. The Bertz CT molecular complexity index is 443. The van der Waals surface area contributed by atoms with E-state index in [-0.39, 0.29) is 0 Å². The molecule has 2 rings (SSSR count). The summed E-state index contributed by atoms with van der Waals surface area (Å²) in [4.78, 5) is 2.88. The molecule has 0 atom stereocenters. The van der Waals surface area contributed by atoms with E-state index in [4.69, 9.17) is 22.7 Å². The highest BCUT2D eigenvalue weighted by Crippen LogP contribution is 2.29. The number of hydrogen-bond donors (Lipinski definition) is 1. The highest BCUT2D eigenvalue weighted by molar-refractivity contribution is 7.80. The van der Waals surface area contributed by atoms with Crippen LogP contribution >= 0.6 is 12.2 Å². The molecular weight excluding hydrogens is 244 g/mol. The lowest BCUT2D eigenvalue weighted by Crippen LogP contribution is -2.25. The van der Waals surface area contributed by atoms with Gasteiger partial charge in [0.1, 0.15) is 10.7 Å². The Morgan fingerprint density at radius 2 is 2.22 bits per heavy atom. The summed E-state index contributed by atoms with van der Waals surface area (Å²) in [7, 11) is 1.64. The highest BCUT2D eigenvalue weighted by atomic mass is 32.1. The second-order valence-corrected chi connectivity index (χ2v) is 5.13. The first kappa shape index (κ1) is 13.3. The molecule has 4 heteroatoms.